The van der Waals surface area contributed by atoms with Gasteiger partial charge in [-0.2, -0.15) is 0 Å². The van der Waals surface area contributed by atoms with E-state index in [4.69, 9.17) is 4.42 Å². The molecular formula is C19H26NO3+. The zero-order valence-electron chi connectivity index (χ0n) is 13.8. The van der Waals surface area contributed by atoms with Gasteiger partial charge in [0.15, 0.2) is 0 Å². The summed E-state index contributed by atoms with van der Waals surface area (Å²) in [6.45, 7) is 2.57. The first kappa shape index (κ1) is 16.1. The van der Waals surface area contributed by atoms with Gasteiger partial charge in [-0.05, 0) is 44.7 Å². The van der Waals surface area contributed by atoms with E-state index >= 15 is 0 Å². The molecule has 1 aromatic carbocycles. The highest BCUT2D eigenvalue weighted by Gasteiger charge is 2.16. The molecule has 0 spiro atoms. The predicted molar refractivity (Wildman–Crippen MR) is 90.6 cm³/mol. The monoisotopic (exact) mass is 316 g/mol. The molecule has 0 aliphatic heterocycles. The van der Waals surface area contributed by atoms with E-state index < -0.39 is 0 Å². The van der Waals surface area contributed by atoms with Gasteiger partial charge in [0.1, 0.15) is 17.9 Å². The van der Waals surface area contributed by atoms with Crippen molar-refractivity contribution >= 4 is 11.0 Å². The fourth-order valence-electron chi connectivity index (χ4n) is 3.60. The van der Waals surface area contributed by atoms with Gasteiger partial charge in [-0.15, -0.1) is 0 Å². The lowest BCUT2D eigenvalue weighted by Gasteiger charge is -2.18. The van der Waals surface area contributed by atoms with Crippen LogP contribution < -0.4 is 10.9 Å². The third kappa shape index (κ3) is 3.75. The van der Waals surface area contributed by atoms with Crippen LogP contribution in [0.4, 0.5) is 0 Å². The molecule has 4 nitrogen and oxygen atoms in total. The first-order valence-corrected chi connectivity index (χ1v) is 8.74. The fraction of sp³-hybridized carbons (Fsp3) is 0.526. The Morgan fingerprint density at radius 2 is 1.87 bits per heavy atom. The minimum absolute atomic E-state index is 0.168. The lowest BCUT2D eigenvalue weighted by Crippen LogP contribution is -2.88. The Morgan fingerprint density at radius 3 is 2.61 bits per heavy atom. The molecule has 4 heteroatoms. The van der Waals surface area contributed by atoms with Crippen molar-refractivity contribution in [1.82, 2.24) is 0 Å². The highest BCUT2D eigenvalue weighted by Crippen LogP contribution is 2.27. The Hall–Kier alpha value is -1.81. The van der Waals surface area contributed by atoms with E-state index in [9.17, 15) is 9.90 Å². The van der Waals surface area contributed by atoms with E-state index in [2.05, 4.69) is 5.32 Å². The van der Waals surface area contributed by atoms with Gasteiger partial charge < -0.3 is 14.8 Å². The number of rotatable bonds is 3. The predicted octanol–water partition coefficient (Wildman–Crippen LogP) is 2.98. The standard InChI is InChI=1S/C19H25NO3/c1-13-17(21)10-9-16-14(11-18(22)23-19(13)16)12-20-15-7-5-3-2-4-6-8-15/h9-11,15,20-21H,2-8,12H2,1H3/p+1. The van der Waals surface area contributed by atoms with E-state index in [0.29, 0.717) is 17.2 Å². The number of quaternary nitrogens is 1. The second-order valence-corrected chi connectivity index (χ2v) is 6.72. The summed E-state index contributed by atoms with van der Waals surface area (Å²) >= 11 is 0. The van der Waals surface area contributed by atoms with Crippen molar-refractivity contribution < 1.29 is 14.8 Å². The smallest absolute Gasteiger partial charge is 0.336 e. The van der Waals surface area contributed by atoms with Crippen molar-refractivity contribution in [2.45, 2.75) is 64.5 Å². The number of benzene rings is 1. The van der Waals surface area contributed by atoms with Gasteiger partial charge in [-0.25, -0.2) is 4.79 Å². The van der Waals surface area contributed by atoms with Crippen LogP contribution in [0.3, 0.4) is 0 Å². The molecule has 0 saturated heterocycles. The molecular weight excluding hydrogens is 290 g/mol. The van der Waals surface area contributed by atoms with E-state index in [0.717, 1.165) is 17.5 Å². The van der Waals surface area contributed by atoms with Crippen LogP contribution in [0.2, 0.25) is 0 Å². The summed E-state index contributed by atoms with van der Waals surface area (Å²) in [6, 6.07) is 5.77. The molecule has 124 valence electrons. The number of phenols is 1. The molecule has 1 saturated carbocycles. The highest BCUT2D eigenvalue weighted by atomic mass is 16.4. The summed E-state index contributed by atoms with van der Waals surface area (Å²) in [7, 11) is 0. The van der Waals surface area contributed by atoms with Crippen LogP contribution in [-0.4, -0.2) is 11.1 Å². The van der Waals surface area contributed by atoms with Crippen molar-refractivity contribution in [2.24, 2.45) is 0 Å². The summed E-state index contributed by atoms with van der Waals surface area (Å²) in [4.78, 5) is 11.9. The summed E-state index contributed by atoms with van der Waals surface area (Å²) in [5.41, 5.74) is 1.81. The SMILES string of the molecule is Cc1c(O)ccc2c(C[NH2+]C3CCCCCCC3)cc(=O)oc12. The minimum Gasteiger partial charge on any atom is -0.508 e. The van der Waals surface area contributed by atoms with Gasteiger partial charge in [-0.3, -0.25) is 0 Å². The second kappa shape index (κ2) is 7.18. The van der Waals surface area contributed by atoms with Crippen LogP contribution in [0.25, 0.3) is 11.0 Å². The van der Waals surface area contributed by atoms with Crippen LogP contribution in [0.1, 0.15) is 56.1 Å². The van der Waals surface area contributed by atoms with Crippen molar-refractivity contribution in [3.8, 4) is 5.75 Å². The molecule has 0 bridgehead atoms. The van der Waals surface area contributed by atoms with E-state index in [1.807, 2.05) is 6.07 Å². The third-order valence-corrected chi connectivity index (χ3v) is 5.04. The third-order valence-electron chi connectivity index (χ3n) is 5.04. The molecule has 1 aliphatic rings. The normalized spacial score (nSPS) is 17.1. The number of phenolic OH excluding ortho intramolecular Hbond substituents is 1. The quantitative estimate of drug-likeness (QED) is 0.856. The summed E-state index contributed by atoms with van der Waals surface area (Å²) in [5.74, 6) is 0.168. The van der Waals surface area contributed by atoms with Gasteiger partial charge in [-0.1, -0.05) is 19.3 Å². The molecule has 1 fully saturated rings. The molecule has 0 amide bonds. The molecule has 2 aromatic rings. The Kier molecular flexibility index (Phi) is 5.01. The van der Waals surface area contributed by atoms with Crippen molar-refractivity contribution in [1.29, 1.82) is 0 Å². The van der Waals surface area contributed by atoms with Gasteiger partial charge in [0, 0.05) is 22.6 Å². The van der Waals surface area contributed by atoms with Crippen molar-refractivity contribution in [3.05, 3.63) is 39.7 Å². The largest absolute Gasteiger partial charge is 0.508 e. The number of hydrogen-bond donors (Lipinski definition) is 2. The van der Waals surface area contributed by atoms with Crippen LogP contribution in [0.5, 0.6) is 5.75 Å². The Bertz CT molecular complexity index is 727. The van der Waals surface area contributed by atoms with Crippen molar-refractivity contribution in [2.75, 3.05) is 0 Å². The molecule has 1 aromatic heterocycles. The van der Waals surface area contributed by atoms with Crippen LogP contribution in [0.15, 0.2) is 27.4 Å². The molecule has 23 heavy (non-hydrogen) atoms. The molecule has 1 aliphatic carbocycles. The van der Waals surface area contributed by atoms with Gasteiger partial charge in [0.25, 0.3) is 0 Å². The van der Waals surface area contributed by atoms with Crippen molar-refractivity contribution in [3.63, 3.8) is 0 Å². The number of fused-ring (bicyclic) bond motifs is 1. The Labute approximate surface area is 136 Å². The number of nitrogens with two attached hydrogens (primary N) is 1. The average molecular weight is 316 g/mol. The molecule has 0 atom stereocenters. The first-order chi connectivity index (χ1) is 11.1. The topological polar surface area (TPSA) is 67.1 Å². The Morgan fingerprint density at radius 1 is 1.17 bits per heavy atom. The lowest BCUT2D eigenvalue weighted by molar-refractivity contribution is -0.705. The summed E-state index contributed by atoms with van der Waals surface area (Å²) in [5, 5.41) is 13.1. The van der Waals surface area contributed by atoms with Gasteiger partial charge in [0.2, 0.25) is 0 Å². The average Bonchev–Trinajstić information content (AvgIpc) is 2.50. The molecule has 3 rings (SSSR count). The molecule has 1 heterocycles. The van der Waals surface area contributed by atoms with E-state index in [1.165, 1.54) is 44.9 Å². The van der Waals surface area contributed by atoms with E-state index in [1.54, 1.807) is 19.1 Å². The fourth-order valence-corrected chi connectivity index (χ4v) is 3.60. The maximum atomic E-state index is 11.9. The number of hydrogen-bond acceptors (Lipinski definition) is 3. The zero-order chi connectivity index (χ0) is 16.2. The lowest BCUT2D eigenvalue weighted by atomic mass is 9.96. The van der Waals surface area contributed by atoms with Gasteiger partial charge >= 0.3 is 5.63 Å². The van der Waals surface area contributed by atoms with E-state index in [-0.39, 0.29) is 11.4 Å². The first-order valence-electron chi connectivity index (χ1n) is 8.74. The highest BCUT2D eigenvalue weighted by molar-refractivity contribution is 5.84. The van der Waals surface area contributed by atoms with Crippen LogP contribution in [-0.2, 0) is 6.54 Å². The Balaban J connectivity index is 1.82. The van der Waals surface area contributed by atoms with Crippen LogP contribution >= 0.6 is 0 Å². The maximum Gasteiger partial charge on any atom is 0.336 e. The molecule has 0 unspecified atom stereocenters. The summed E-state index contributed by atoms with van der Waals surface area (Å²) < 4.78 is 5.31. The summed E-state index contributed by atoms with van der Waals surface area (Å²) in [6.07, 6.45) is 9.22. The second-order valence-electron chi connectivity index (χ2n) is 6.72. The number of aryl methyl sites for hydroxylation is 1. The minimum atomic E-state index is -0.340. The number of aromatic hydroxyl groups is 1. The van der Waals surface area contributed by atoms with Gasteiger partial charge in [0.05, 0.1) is 6.04 Å². The zero-order valence-corrected chi connectivity index (χ0v) is 13.8. The maximum absolute atomic E-state index is 11.9. The molecule has 0 radical (unpaired) electrons. The van der Waals surface area contributed by atoms with Crippen LogP contribution in [0, 0.1) is 6.92 Å². The molecule has 3 N–H and O–H groups in total.